The SMILES string of the molecule is C[C@@H]1CN(C(=O)COC(=O)c2cc(I)ccc2N)C[C@@H](C)O1. The number of benzene rings is 1. The summed E-state index contributed by atoms with van der Waals surface area (Å²) < 4.78 is 11.5. The van der Waals surface area contributed by atoms with E-state index in [1.165, 1.54) is 0 Å². The Labute approximate surface area is 143 Å². The van der Waals surface area contributed by atoms with Crippen LogP contribution in [0.4, 0.5) is 5.69 Å². The van der Waals surface area contributed by atoms with Crippen molar-refractivity contribution in [3.63, 3.8) is 0 Å². The highest BCUT2D eigenvalue weighted by Gasteiger charge is 2.26. The van der Waals surface area contributed by atoms with Crippen LogP contribution in [0.3, 0.4) is 0 Å². The summed E-state index contributed by atoms with van der Waals surface area (Å²) in [4.78, 5) is 25.8. The van der Waals surface area contributed by atoms with E-state index in [1.807, 2.05) is 13.8 Å². The average Bonchev–Trinajstić information content (AvgIpc) is 2.45. The van der Waals surface area contributed by atoms with Gasteiger partial charge in [-0.15, -0.1) is 0 Å². The number of hydrogen-bond donors (Lipinski definition) is 1. The summed E-state index contributed by atoms with van der Waals surface area (Å²) in [6.07, 6.45) is -0.0375. The van der Waals surface area contributed by atoms with Crippen LogP contribution in [0.2, 0.25) is 0 Å². The molecule has 0 saturated carbocycles. The van der Waals surface area contributed by atoms with Crippen LogP contribution < -0.4 is 5.73 Å². The van der Waals surface area contributed by atoms with E-state index >= 15 is 0 Å². The molecular weight excluding hydrogens is 399 g/mol. The molecule has 2 atom stereocenters. The maximum Gasteiger partial charge on any atom is 0.340 e. The molecule has 0 bridgehead atoms. The molecule has 1 amide bonds. The largest absolute Gasteiger partial charge is 0.452 e. The van der Waals surface area contributed by atoms with Gasteiger partial charge in [0.1, 0.15) is 0 Å². The van der Waals surface area contributed by atoms with Gasteiger partial charge in [0.2, 0.25) is 0 Å². The quantitative estimate of drug-likeness (QED) is 0.459. The lowest BCUT2D eigenvalue weighted by Gasteiger charge is -2.35. The van der Waals surface area contributed by atoms with Gasteiger partial charge in [0.25, 0.3) is 5.91 Å². The smallest absolute Gasteiger partial charge is 0.340 e. The monoisotopic (exact) mass is 418 g/mol. The Hall–Kier alpha value is -1.35. The maximum atomic E-state index is 12.1. The average molecular weight is 418 g/mol. The van der Waals surface area contributed by atoms with Crippen LogP contribution in [0, 0.1) is 3.57 Å². The van der Waals surface area contributed by atoms with Crippen molar-refractivity contribution in [2.45, 2.75) is 26.1 Å². The number of carbonyl (C=O) groups excluding carboxylic acids is 2. The second-order valence-electron chi connectivity index (χ2n) is 5.36. The Morgan fingerprint density at radius 3 is 2.64 bits per heavy atom. The van der Waals surface area contributed by atoms with E-state index in [0.29, 0.717) is 18.8 Å². The van der Waals surface area contributed by atoms with Crippen molar-refractivity contribution in [2.75, 3.05) is 25.4 Å². The summed E-state index contributed by atoms with van der Waals surface area (Å²) in [6.45, 7) is 4.55. The molecular formula is C15H19IN2O4. The highest BCUT2D eigenvalue weighted by atomic mass is 127. The molecule has 1 heterocycles. The lowest BCUT2D eigenvalue weighted by atomic mass is 10.2. The lowest BCUT2D eigenvalue weighted by molar-refractivity contribution is -0.146. The molecule has 0 spiro atoms. The van der Waals surface area contributed by atoms with Gasteiger partial charge in [-0.2, -0.15) is 0 Å². The summed E-state index contributed by atoms with van der Waals surface area (Å²) in [5.74, 6) is -0.807. The summed E-state index contributed by atoms with van der Waals surface area (Å²) in [7, 11) is 0. The predicted octanol–water partition coefficient (Wildman–Crippen LogP) is 1.67. The fraction of sp³-hybridized carbons (Fsp3) is 0.467. The van der Waals surface area contributed by atoms with Gasteiger partial charge in [-0.05, 0) is 54.6 Å². The Morgan fingerprint density at radius 2 is 2.00 bits per heavy atom. The van der Waals surface area contributed by atoms with E-state index in [-0.39, 0.29) is 30.3 Å². The molecule has 1 saturated heterocycles. The number of nitrogen functional groups attached to an aromatic ring is 1. The molecule has 120 valence electrons. The van der Waals surface area contributed by atoms with Crippen LogP contribution in [0.25, 0.3) is 0 Å². The van der Waals surface area contributed by atoms with Gasteiger partial charge in [-0.25, -0.2) is 4.79 Å². The number of ether oxygens (including phenoxy) is 2. The van der Waals surface area contributed by atoms with Crippen molar-refractivity contribution >= 4 is 40.2 Å². The van der Waals surface area contributed by atoms with Crippen molar-refractivity contribution in [3.05, 3.63) is 27.3 Å². The van der Waals surface area contributed by atoms with Crippen LogP contribution in [-0.2, 0) is 14.3 Å². The molecule has 6 nitrogen and oxygen atoms in total. The molecule has 2 N–H and O–H groups in total. The van der Waals surface area contributed by atoms with Crippen LogP contribution >= 0.6 is 22.6 Å². The summed E-state index contributed by atoms with van der Waals surface area (Å²) in [5, 5.41) is 0. The molecule has 0 aliphatic carbocycles. The predicted molar refractivity (Wildman–Crippen MR) is 90.4 cm³/mol. The lowest BCUT2D eigenvalue weighted by Crippen LogP contribution is -2.49. The number of anilines is 1. The van der Waals surface area contributed by atoms with E-state index < -0.39 is 5.97 Å². The number of esters is 1. The third kappa shape index (κ3) is 4.33. The van der Waals surface area contributed by atoms with Gasteiger partial charge < -0.3 is 20.1 Å². The molecule has 2 rings (SSSR count). The van der Waals surface area contributed by atoms with Gasteiger partial charge in [-0.3, -0.25) is 4.79 Å². The van der Waals surface area contributed by atoms with Crippen molar-refractivity contribution in [1.29, 1.82) is 0 Å². The van der Waals surface area contributed by atoms with E-state index in [1.54, 1.807) is 23.1 Å². The number of morpholine rings is 1. The molecule has 7 heteroatoms. The van der Waals surface area contributed by atoms with Crippen molar-refractivity contribution in [2.24, 2.45) is 0 Å². The second kappa shape index (κ2) is 7.28. The zero-order valence-corrected chi connectivity index (χ0v) is 14.7. The second-order valence-corrected chi connectivity index (χ2v) is 6.61. The first-order chi connectivity index (χ1) is 10.4. The summed E-state index contributed by atoms with van der Waals surface area (Å²) in [5.41, 5.74) is 6.38. The van der Waals surface area contributed by atoms with Crippen molar-refractivity contribution in [3.8, 4) is 0 Å². The molecule has 1 aliphatic rings. The van der Waals surface area contributed by atoms with E-state index in [0.717, 1.165) is 3.57 Å². The third-order valence-electron chi connectivity index (χ3n) is 3.33. The first kappa shape index (κ1) is 17.0. The van der Waals surface area contributed by atoms with Gasteiger partial charge in [-0.1, -0.05) is 0 Å². The van der Waals surface area contributed by atoms with E-state index in [2.05, 4.69) is 22.6 Å². The van der Waals surface area contributed by atoms with Gasteiger partial charge in [0.05, 0.1) is 17.8 Å². The normalized spacial score (nSPS) is 21.5. The minimum Gasteiger partial charge on any atom is -0.452 e. The molecule has 0 unspecified atom stereocenters. The fourth-order valence-corrected chi connectivity index (χ4v) is 2.87. The number of carbonyl (C=O) groups is 2. The Kier molecular flexibility index (Phi) is 5.63. The minimum atomic E-state index is -0.585. The minimum absolute atomic E-state index is 0.0188. The topological polar surface area (TPSA) is 81.9 Å². The van der Waals surface area contributed by atoms with Crippen LogP contribution in [0.1, 0.15) is 24.2 Å². The number of rotatable bonds is 3. The fourth-order valence-electron chi connectivity index (χ4n) is 2.38. The molecule has 1 aromatic rings. The molecule has 1 aliphatic heterocycles. The molecule has 0 aromatic heterocycles. The number of nitrogens with zero attached hydrogens (tertiary/aromatic N) is 1. The molecule has 1 aromatic carbocycles. The molecule has 22 heavy (non-hydrogen) atoms. The number of amides is 1. The number of halogens is 1. The van der Waals surface area contributed by atoms with E-state index in [4.69, 9.17) is 15.2 Å². The highest BCUT2D eigenvalue weighted by Crippen LogP contribution is 2.17. The van der Waals surface area contributed by atoms with Crippen molar-refractivity contribution in [1.82, 2.24) is 4.90 Å². The number of hydrogen-bond acceptors (Lipinski definition) is 5. The zero-order chi connectivity index (χ0) is 16.3. The zero-order valence-electron chi connectivity index (χ0n) is 12.5. The van der Waals surface area contributed by atoms with Crippen LogP contribution in [0.15, 0.2) is 18.2 Å². The Morgan fingerprint density at radius 1 is 1.36 bits per heavy atom. The highest BCUT2D eigenvalue weighted by molar-refractivity contribution is 14.1. The summed E-state index contributed by atoms with van der Waals surface area (Å²) >= 11 is 2.08. The van der Waals surface area contributed by atoms with Gasteiger partial charge >= 0.3 is 5.97 Å². The molecule has 1 fully saturated rings. The standard InChI is InChI=1S/C15H19IN2O4/c1-9-6-18(7-10(2)22-9)14(19)8-21-15(20)12-5-11(16)3-4-13(12)17/h3-5,9-10H,6-8,17H2,1-2H3/t9-,10-/m1/s1. The first-order valence-electron chi connectivity index (χ1n) is 7.02. The molecule has 0 radical (unpaired) electrons. The summed E-state index contributed by atoms with van der Waals surface area (Å²) in [6, 6.07) is 5.08. The van der Waals surface area contributed by atoms with Gasteiger partial charge in [0, 0.05) is 22.3 Å². The van der Waals surface area contributed by atoms with Crippen molar-refractivity contribution < 1.29 is 19.1 Å². The Balaban J connectivity index is 1.93. The van der Waals surface area contributed by atoms with E-state index in [9.17, 15) is 9.59 Å². The number of nitrogens with two attached hydrogens (primary N) is 1. The van der Waals surface area contributed by atoms with Crippen LogP contribution in [-0.4, -0.2) is 48.7 Å². The van der Waals surface area contributed by atoms with Crippen LogP contribution in [0.5, 0.6) is 0 Å². The third-order valence-corrected chi connectivity index (χ3v) is 4.01. The maximum absolute atomic E-state index is 12.1. The Bertz CT molecular complexity index is 569. The van der Waals surface area contributed by atoms with Gasteiger partial charge in [0.15, 0.2) is 6.61 Å². The first-order valence-corrected chi connectivity index (χ1v) is 8.10.